The van der Waals surface area contributed by atoms with E-state index < -0.39 is 47.6 Å². The second kappa shape index (κ2) is 14.4. The van der Waals surface area contributed by atoms with E-state index in [2.05, 4.69) is 25.9 Å². The van der Waals surface area contributed by atoms with Gasteiger partial charge in [-0.25, -0.2) is 14.2 Å². The van der Waals surface area contributed by atoms with Crippen LogP contribution < -0.4 is 16.0 Å². The number of carbonyl (C=O) groups is 4. The van der Waals surface area contributed by atoms with Gasteiger partial charge in [0.25, 0.3) is 5.91 Å². The molecule has 5 rings (SSSR count). The number of carboxylic acids is 1. The van der Waals surface area contributed by atoms with Gasteiger partial charge >= 0.3 is 5.97 Å². The van der Waals surface area contributed by atoms with Crippen LogP contribution in [0.5, 0.6) is 0 Å². The van der Waals surface area contributed by atoms with Crippen molar-refractivity contribution in [1.29, 1.82) is 0 Å². The number of halogens is 1. The number of imidazole rings is 1. The Bertz CT molecular complexity index is 1780. The number of thiophene rings is 1. The normalized spacial score (nSPS) is 13.0. The van der Waals surface area contributed by atoms with Gasteiger partial charge in [-0.1, -0.05) is 48.5 Å². The molecule has 0 saturated carbocycles. The third-order valence-corrected chi connectivity index (χ3v) is 8.23. The molecule has 0 aliphatic rings. The highest BCUT2D eigenvalue weighted by Gasteiger charge is 2.31. The summed E-state index contributed by atoms with van der Waals surface area (Å²) in [5, 5.41) is 20.7. The third-order valence-electron chi connectivity index (χ3n) is 7.22. The quantitative estimate of drug-likeness (QED) is 0.134. The van der Waals surface area contributed by atoms with E-state index in [0.717, 1.165) is 33.3 Å². The molecule has 0 aliphatic heterocycles. The van der Waals surface area contributed by atoms with Crippen LogP contribution in [0.2, 0.25) is 0 Å². The van der Waals surface area contributed by atoms with Gasteiger partial charge in [-0.3, -0.25) is 14.4 Å². The number of aromatic nitrogens is 2. The maximum Gasteiger partial charge on any atom is 0.326 e. The lowest BCUT2D eigenvalue weighted by atomic mass is 10.0. The molecule has 2 heterocycles. The zero-order valence-electron chi connectivity index (χ0n) is 23.9. The van der Waals surface area contributed by atoms with E-state index in [0.29, 0.717) is 5.69 Å². The van der Waals surface area contributed by atoms with Crippen LogP contribution in [0.1, 0.15) is 27.2 Å². The molecule has 0 unspecified atom stereocenters. The maximum absolute atomic E-state index is 13.9. The van der Waals surface area contributed by atoms with Gasteiger partial charge in [0.2, 0.25) is 11.8 Å². The number of carboxylic acid groups (broad SMARTS) is 1. The summed E-state index contributed by atoms with van der Waals surface area (Å²) in [6.07, 6.45) is 3.00. The highest BCUT2D eigenvalue weighted by Crippen LogP contribution is 2.26. The van der Waals surface area contributed by atoms with Crippen LogP contribution in [0, 0.1) is 5.82 Å². The van der Waals surface area contributed by atoms with Gasteiger partial charge in [0.15, 0.2) is 0 Å². The molecule has 0 spiro atoms. The average molecular weight is 628 g/mol. The van der Waals surface area contributed by atoms with Gasteiger partial charge in [-0.15, -0.1) is 11.3 Å². The van der Waals surface area contributed by atoms with Crippen LogP contribution in [0.4, 0.5) is 4.39 Å². The number of rotatable bonds is 13. The molecule has 0 radical (unpaired) electrons. The SMILES string of the molecule is O=C(N[C@@H](Cc1csc2ccccc12)C(=O)N[C@H](Cc1ccccc1)C(=O)N[C@@H](Cc1cnc[nH]1)C(=O)O)c1ccc(F)cc1. The van der Waals surface area contributed by atoms with Crippen molar-refractivity contribution in [2.45, 2.75) is 37.4 Å². The maximum atomic E-state index is 13.9. The Balaban J connectivity index is 1.40. The topological polar surface area (TPSA) is 153 Å². The summed E-state index contributed by atoms with van der Waals surface area (Å²) in [6, 6.07) is 18.0. The van der Waals surface area contributed by atoms with E-state index in [4.69, 9.17) is 0 Å². The van der Waals surface area contributed by atoms with E-state index in [1.807, 2.05) is 35.7 Å². The van der Waals surface area contributed by atoms with Crippen molar-refractivity contribution in [2.24, 2.45) is 0 Å². The van der Waals surface area contributed by atoms with Crippen LogP contribution in [0.25, 0.3) is 10.1 Å². The van der Waals surface area contributed by atoms with E-state index >= 15 is 0 Å². The lowest BCUT2D eigenvalue weighted by molar-refractivity contribution is -0.142. The summed E-state index contributed by atoms with van der Waals surface area (Å²) in [4.78, 5) is 59.4. The first-order chi connectivity index (χ1) is 21.8. The van der Waals surface area contributed by atoms with Crippen molar-refractivity contribution in [1.82, 2.24) is 25.9 Å². The second-order valence-electron chi connectivity index (χ2n) is 10.4. The van der Waals surface area contributed by atoms with Crippen LogP contribution in [-0.4, -0.2) is 56.9 Å². The summed E-state index contributed by atoms with van der Waals surface area (Å²) in [5.41, 5.74) is 2.22. The molecular formula is C33H30FN5O5S. The fraction of sp³-hybridized carbons (Fsp3) is 0.182. The summed E-state index contributed by atoms with van der Waals surface area (Å²) in [5.74, 6) is -3.70. The Morgan fingerprint density at radius 3 is 2.16 bits per heavy atom. The van der Waals surface area contributed by atoms with Gasteiger partial charge in [-0.2, -0.15) is 0 Å². The zero-order chi connectivity index (χ0) is 31.8. The number of hydrogen-bond acceptors (Lipinski definition) is 6. The highest BCUT2D eigenvalue weighted by atomic mass is 32.1. The first kappa shape index (κ1) is 31.1. The summed E-state index contributed by atoms with van der Waals surface area (Å²) in [6.45, 7) is 0. The number of aliphatic carboxylic acids is 1. The standard InChI is InChI=1S/C33H30FN5O5S/c34-23-12-10-21(11-13-23)30(40)37-27(15-22-18-45-29-9-5-4-8-25(22)29)32(42)38-26(14-20-6-2-1-3-7-20)31(41)39-28(33(43)44)16-24-17-35-19-36-24/h1-13,17-19,26-28H,14-16H2,(H,35,36)(H,37,40)(H,38,42)(H,39,41)(H,43,44)/t26-,27+,28+/m1/s1. The predicted octanol–water partition coefficient (Wildman–Crippen LogP) is 3.64. The molecule has 2 aromatic heterocycles. The van der Waals surface area contributed by atoms with E-state index in [-0.39, 0.29) is 24.8 Å². The minimum atomic E-state index is -1.29. The van der Waals surface area contributed by atoms with Crippen LogP contribution in [-0.2, 0) is 33.6 Å². The van der Waals surface area contributed by atoms with E-state index in [1.165, 1.54) is 36.0 Å². The predicted molar refractivity (Wildman–Crippen MR) is 167 cm³/mol. The van der Waals surface area contributed by atoms with Crippen LogP contribution in [0.15, 0.2) is 96.8 Å². The van der Waals surface area contributed by atoms with Gasteiger partial charge in [0.1, 0.15) is 23.9 Å². The minimum Gasteiger partial charge on any atom is -0.480 e. The van der Waals surface area contributed by atoms with Crippen LogP contribution >= 0.6 is 11.3 Å². The van der Waals surface area contributed by atoms with Crippen molar-refractivity contribution in [3.63, 3.8) is 0 Å². The number of H-pyrrole nitrogens is 1. The number of benzene rings is 3. The molecule has 230 valence electrons. The van der Waals surface area contributed by atoms with Crippen molar-refractivity contribution in [3.05, 3.63) is 125 Å². The smallest absolute Gasteiger partial charge is 0.326 e. The zero-order valence-corrected chi connectivity index (χ0v) is 24.7. The Hall–Kier alpha value is -5.36. The van der Waals surface area contributed by atoms with Crippen molar-refractivity contribution >= 4 is 45.1 Å². The number of nitrogens with one attached hydrogen (secondary N) is 4. The molecule has 3 amide bonds. The van der Waals surface area contributed by atoms with Gasteiger partial charge in [-0.05, 0) is 52.2 Å². The first-order valence-electron chi connectivity index (χ1n) is 14.1. The molecule has 0 aliphatic carbocycles. The first-order valence-corrected chi connectivity index (χ1v) is 15.0. The molecule has 12 heteroatoms. The van der Waals surface area contributed by atoms with Gasteiger partial charge < -0.3 is 26.0 Å². The molecule has 0 bridgehead atoms. The lowest BCUT2D eigenvalue weighted by Gasteiger charge is -2.25. The molecule has 10 nitrogen and oxygen atoms in total. The molecule has 3 atom stereocenters. The Kier molecular flexibility index (Phi) is 9.95. The monoisotopic (exact) mass is 627 g/mol. The molecule has 3 aromatic carbocycles. The molecule has 0 fully saturated rings. The van der Waals surface area contributed by atoms with Crippen LogP contribution in [0.3, 0.4) is 0 Å². The average Bonchev–Trinajstić information content (AvgIpc) is 3.71. The van der Waals surface area contributed by atoms with E-state index in [9.17, 15) is 28.7 Å². The summed E-state index contributed by atoms with van der Waals surface area (Å²) in [7, 11) is 0. The summed E-state index contributed by atoms with van der Waals surface area (Å²) >= 11 is 1.50. The van der Waals surface area contributed by atoms with Crippen molar-refractivity contribution in [2.75, 3.05) is 0 Å². The van der Waals surface area contributed by atoms with Crippen molar-refractivity contribution in [3.8, 4) is 0 Å². The Morgan fingerprint density at radius 2 is 1.47 bits per heavy atom. The van der Waals surface area contributed by atoms with E-state index in [1.54, 1.807) is 24.3 Å². The third kappa shape index (κ3) is 8.18. The second-order valence-corrected chi connectivity index (χ2v) is 11.3. The van der Waals surface area contributed by atoms with Crippen molar-refractivity contribution < 1.29 is 28.7 Å². The highest BCUT2D eigenvalue weighted by molar-refractivity contribution is 7.17. The molecule has 5 N–H and O–H groups in total. The molecular weight excluding hydrogens is 597 g/mol. The minimum absolute atomic E-state index is 0.0470. The van der Waals surface area contributed by atoms with Gasteiger partial charge in [0.05, 0.1) is 6.33 Å². The number of amides is 3. The molecule has 45 heavy (non-hydrogen) atoms. The largest absolute Gasteiger partial charge is 0.480 e. The number of aromatic amines is 1. The fourth-order valence-electron chi connectivity index (χ4n) is 4.88. The van der Waals surface area contributed by atoms with Gasteiger partial charge in [0, 0.05) is 41.4 Å². The fourth-order valence-corrected chi connectivity index (χ4v) is 5.86. The summed E-state index contributed by atoms with van der Waals surface area (Å²) < 4.78 is 14.5. The number of nitrogens with zero attached hydrogens (tertiary/aromatic N) is 1. The Labute approximate surface area is 261 Å². The lowest BCUT2D eigenvalue weighted by Crippen LogP contribution is -2.57. The number of fused-ring (bicyclic) bond motifs is 1. The Morgan fingerprint density at radius 1 is 0.800 bits per heavy atom. The molecule has 5 aromatic rings. The number of carbonyl (C=O) groups excluding carboxylic acids is 3. The molecule has 0 saturated heterocycles. The number of hydrogen-bond donors (Lipinski definition) is 5.